The second-order valence-corrected chi connectivity index (χ2v) is 4.05. The fourth-order valence-electron chi connectivity index (χ4n) is 0.931. The van der Waals surface area contributed by atoms with Gasteiger partial charge in [-0.1, -0.05) is 0 Å². The van der Waals surface area contributed by atoms with Crippen LogP contribution in [0.2, 0.25) is 0 Å². The van der Waals surface area contributed by atoms with E-state index in [4.69, 9.17) is 5.73 Å². The monoisotopic (exact) mass is 223 g/mol. The molecule has 0 fully saturated rings. The number of halogens is 3. The fourth-order valence-corrected chi connectivity index (χ4v) is 1.88. The average Bonchev–Trinajstić information content (AvgIpc) is 2.01. The van der Waals surface area contributed by atoms with E-state index in [0.717, 1.165) is 18.2 Å². The molecule has 6 heteroatoms. The molecule has 0 radical (unpaired) electrons. The van der Waals surface area contributed by atoms with E-state index >= 15 is 0 Å². The van der Waals surface area contributed by atoms with Crippen LogP contribution in [0.4, 0.5) is 18.9 Å². The summed E-state index contributed by atoms with van der Waals surface area (Å²) in [5.74, 6) is -1.36. The molecule has 0 saturated carbocycles. The van der Waals surface area contributed by atoms with E-state index in [1.54, 1.807) is 0 Å². The maximum atomic E-state index is 12.5. The first-order chi connectivity index (χ1) is 6.50. The predicted molar refractivity (Wildman–Crippen MR) is 48.1 cm³/mol. The highest BCUT2D eigenvalue weighted by Crippen LogP contribution is 2.18. The van der Waals surface area contributed by atoms with Crippen molar-refractivity contribution in [3.05, 3.63) is 24.0 Å². The van der Waals surface area contributed by atoms with Gasteiger partial charge in [0.15, 0.2) is 0 Å². The molecule has 0 aliphatic heterocycles. The molecule has 1 unspecified atom stereocenters. The van der Waals surface area contributed by atoms with Crippen LogP contribution in [0, 0.1) is 5.82 Å². The molecule has 14 heavy (non-hydrogen) atoms. The van der Waals surface area contributed by atoms with Crippen molar-refractivity contribution in [1.82, 2.24) is 0 Å². The van der Waals surface area contributed by atoms with Crippen molar-refractivity contribution in [3.8, 4) is 0 Å². The number of alkyl halides is 2. The zero-order chi connectivity index (χ0) is 10.7. The molecule has 0 bridgehead atoms. The Balaban J connectivity index is 2.90. The summed E-state index contributed by atoms with van der Waals surface area (Å²) in [7, 11) is -1.88. The van der Waals surface area contributed by atoms with Gasteiger partial charge in [0, 0.05) is 0 Å². The van der Waals surface area contributed by atoms with Gasteiger partial charge in [-0.15, -0.1) is 0 Å². The summed E-state index contributed by atoms with van der Waals surface area (Å²) in [5.41, 5.74) is 5.25. The zero-order valence-corrected chi connectivity index (χ0v) is 7.86. The molecule has 0 aliphatic rings. The fraction of sp³-hybridized carbons (Fsp3) is 0.250. The van der Waals surface area contributed by atoms with E-state index in [2.05, 4.69) is 0 Å². The molecule has 1 aromatic carbocycles. The van der Waals surface area contributed by atoms with Crippen molar-refractivity contribution in [2.45, 2.75) is 11.3 Å². The molecule has 2 N–H and O–H groups in total. The number of hydrogen-bond donors (Lipinski definition) is 1. The molecular weight excluding hydrogens is 215 g/mol. The van der Waals surface area contributed by atoms with Crippen molar-refractivity contribution in [2.75, 3.05) is 11.5 Å². The summed E-state index contributed by atoms with van der Waals surface area (Å²) in [4.78, 5) is 0.0479. The maximum absolute atomic E-state index is 12.5. The molecule has 0 spiro atoms. The lowest BCUT2D eigenvalue weighted by Gasteiger charge is -2.04. The molecule has 2 nitrogen and oxygen atoms in total. The molecule has 0 aromatic heterocycles. The van der Waals surface area contributed by atoms with Crippen LogP contribution in [0.5, 0.6) is 0 Å². The summed E-state index contributed by atoms with van der Waals surface area (Å²) < 4.78 is 47.5. The Morgan fingerprint density at radius 1 is 1.43 bits per heavy atom. The summed E-state index contributed by atoms with van der Waals surface area (Å²) in [5, 5.41) is 0. The molecule has 78 valence electrons. The molecule has 1 rings (SSSR count). The third-order valence-electron chi connectivity index (χ3n) is 1.49. The number of hydrogen-bond acceptors (Lipinski definition) is 2. The Morgan fingerprint density at radius 3 is 2.57 bits per heavy atom. The Labute approximate surface area is 81.4 Å². The van der Waals surface area contributed by atoms with Gasteiger partial charge in [0.1, 0.15) is 5.82 Å². The van der Waals surface area contributed by atoms with Crippen LogP contribution in [-0.2, 0) is 10.8 Å². The number of rotatable bonds is 3. The lowest BCUT2D eigenvalue weighted by Crippen LogP contribution is -2.08. The Bertz CT molecular complexity index is 356. The standard InChI is InChI=1S/C8H8F3NOS/c9-5-1-2-7(6(12)3-5)14(13)4-8(10)11/h1-3,8H,4,12H2. The van der Waals surface area contributed by atoms with Crippen molar-refractivity contribution >= 4 is 16.5 Å². The zero-order valence-electron chi connectivity index (χ0n) is 7.04. The quantitative estimate of drug-likeness (QED) is 0.794. The topological polar surface area (TPSA) is 43.1 Å². The lowest BCUT2D eigenvalue weighted by molar-refractivity contribution is 0.175. The number of nitrogen functional groups attached to an aromatic ring is 1. The van der Waals surface area contributed by atoms with Gasteiger partial charge in [-0.2, -0.15) is 0 Å². The highest BCUT2D eigenvalue weighted by atomic mass is 32.2. The van der Waals surface area contributed by atoms with Gasteiger partial charge in [-0.05, 0) is 18.2 Å². The second kappa shape index (κ2) is 4.45. The summed E-state index contributed by atoms with van der Waals surface area (Å²) in [6, 6.07) is 3.15. The van der Waals surface area contributed by atoms with Gasteiger partial charge in [0.05, 0.1) is 27.1 Å². The van der Waals surface area contributed by atoms with E-state index in [1.807, 2.05) is 0 Å². The SMILES string of the molecule is Nc1cc(F)ccc1S(=O)CC(F)F. The summed E-state index contributed by atoms with van der Waals surface area (Å²) in [6.45, 7) is 0. The van der Waals surface area contributed by atoms with Crippen molar-refractivity contribution < 1.29 is 17.4 Å². The van der Waals surface area contributed by atoms with Crippen LogP contribution in [0.15, 0.2) is 23.1 Å². The minimum absolute atomic E-state index is 0.0479. The summed E-state index contributed by atoms with van der Waals surface area (Å²) in [6.07, 6.45) is -2.67. The first-order valence-electron chi connectivity index (χ1n) is 3.72. The van der Waals surface area contributed by atoms with Gasteiger partial charge >= 0.3 is 0 Å². The van der Waals surface area contributed by atoms with Gasteiger partial charge in [-0.25, -0.2) is 13.2 Å². The average molecular weight is 223 g/mol. The maximum Gasteiger partial charge on any atom is 0.250 e. The third kappa shape index (κ3) is 2.73. The largest absolute Gasteiger partial charge is 0.398 e. The highest BCUT2D eigenvalue weighted by Gasteiger charge is 2.14. The van der Waals surface area contributed by atoms with Crippen molar-refractivity contribution in [3.63, 3.8) is 0 Å². The third-order valence-corrected chi connectivity index (χ3v) is 2.91. The molecule has 0 aliphatic carbocycles. The second-order valence-electron chi connectivity index (χ2n) is 2.59. The van der Waals surface area contributed by atoms with Crippen LogP contribution < -0.4 is 5.73 Å². The van der Waals surface area contributed by atoms with Gasteiger partial charge in [-0.3, -0.25) is 4.21 Å². The Hall–Kier alpha value is -1.04. The van der Waals surface area contributed by atoms with Crippen LogP contribution in [0.3, 0.4) is 0 Å². The normalized spacial score (nSPS) is 13.1. The molecule has 0 amide bonds. The summed E-state index contributed by atoms with van der Waals surface area (Å²) >= 11 is 0. The first-order valence-corrected chi connectivity index (χ1v) is 5.04. The van der Waals surface area contributed by atoms with E-state index in [9.17, 15) is 17.4 Å². The van der Waals surface area contributed by atoms with E-state index < -0.39 is 28.8 Å². The molecule has 1 atom stereocenters. The minimum Gasteiger partial charge on any atom is -0.398 e. The van der Waals surface area contributed by atoms with Gasteiger partial charge < -0.3 is 5.73 Å². The number of benzene rings is 1. The predicted octanol–water partition coefficient (Wildman–Crippen LogP) is 1.78. The smallest absolute Gasteiger partial charge is 0.250 e. The van der Waals surface area contributed by atoms with Crippen LogP contribution in [-0.4, -0.2) is 16.4 Å². The molecule has 0 saturated heterocycles. The van der Waals surface area contributed by atoms with E-state index in [-0.39, 0.29) is 10.6 Å². The van der Waals surface area contributed by atoms with E-state index in [1.165, 1.54) is 0 Å². The van der Waals surface area contributed by atoms with Gasteiger partial charge in [0.2, 0.25) is 6.43 Å². The van der Waals surface area contributed by atoms with Crippen LogP contribution in [0.25, 0.3) is 0 Å². The van der Waals surface area contributed by atoms with Crippen LogP contribution in [0.1, 0.15) is 0 Å². The van der Waals surface area contributed by atoms with Gasteiger partial charge in [0.25, 0.3) is 0 Å². The van der Waals surface area contributed by atoms with Crippen LogP contribution >= 0.6 is 0 Å². The number of nitrogens with two attached hydrogens (primary N) is 1. The molecule has 1 aromatic rings. The first kappa shape index (κ1) is 11.0. The Morgan fingerprint density at radius 2 is 2.07 bits per heavy atom. The number of anilines is 1. The van der Waals surface area contributed by atoms with E-state index in [0.29, 0.717) is 0 Å². The van der Waals surface area contributed by atoms with Crippen molar-refractivity contribution in [2.24, 2.45) is 0 Å². The molecule has 0 heterocycles. The van der Waals surface area contributed by atoms with Crippen molar-refractivity contribution in [1.29, 1.82) is 0 Å². The molecular formula is C8H8F3NOS. The Kier molecular flexibility index (Phi) is 3.51. The lowest BCUT2D eigenvalue weighted by atomic mass is 10.3. The minimum atomic E-state index is -2.67. The highest BCUT2D eigenvalue weighted by molar-refractivity contribution is 7.85.